The van der Waals surface area contributed by atoms with Crippen molar-refractivity contribution in [1.82, 2.24) is 5.32 Å². The second kappa shape index (κ2) is 7.48. The van der Waals surface area contributed by atoms with Gasteiger partial charge in [-0.05, 0) is 37.5 Å². The van der Waals surface area contributed by atoms with E-state index in [9.17, 15) is 5.11 Å². The number of rotatable bonds is 6. The molecule has 0 aromatic heterocycles. The van der Waals surface area contributed by atoms with Gasteiger partial charge in [-0.2, -0.15) is 0 Å². The number of phenolic OH excluding ortho intramolecular Hbond substituents is 1. The Morgan fingerprint density at radius 3 is 2.79 bits per heavy atom. The molecule has 2 N–H and O–H groups in total. The first-order chi connectivity index (χ1) is 9.24. The number of hydrogen-bond acceptors (Lipinski definition) is 4. The third kappa shape index (κ3) is 5.19. The monoisotopic (exact) mass is 265 g/mol. The van der Waals surface area contributed by atoms with Gasteiger partial charge in [0, 0.05) is 12.6 Å². The smallest absolute Gasteiger partial charge is 0.115 e. The van der Waals surface area contributed by atoms with Crippen molar-refractivity contribution in [3.05, 3.63) is 29.8 Å². The molecule has 0 spiro atoms. The van der Waals surface area contributed by atoms with E-state index < -0.39 is 0 Å². The van der Waals surface area contributed by atoms with Gasteiger partial charge in [-0.3, -0.25) is 0 Å². The molecule has 2 unspecified atom stereocenters. The molecule has 0 aliphatic carbocycles. The minimum atomic E-state index is 0.185. The van der Waals surface area contributed by atoms with Crippen LogP contribution in [-0.2, 0) is 15.9 Å². The largest absolute Gasteiger partial charge is 0.508 e. The van der Waals surface area contributed by atoms with Crippen molar-refractivity contribution in [2.75, 3.05) is 26.4 Å². The van der Waals surface area contributed by atoms with Gasteiger partial charge in [0.05, 0.1) is 25.9 Å². The van der Waals surface area contributed by atoms with Crippen LogP contribution in [0.1, 0.15) is 18.9 Å². The molecule has 0 amide bonds. The van der Waals surface area contributed by atoms with Crippen LogP contribution in [0.25, 0.3) is 0 Å². The van der Waals surface area contributed by atoms with Crippen LogP contribution in [0.3, 0.4) is 0 Å². The Kier molecular flexibility index (Phi) is 5.63. The Labute approximate surface area is 114 Å². The van der Waals surface area contributed by atoms with Gasteiger partial charge in [0.25, 0.3) is 0 Å². The summed E-state index contributed by atoms with van der Waals surface area (Å²) in [4.78, 5) is 0. The molecule has 2 rings (SSSR count). The molecule has 1 aliphatic heterocycles. The van der Waals surface area contributed by atoms with E-state index >= 15 is 0 Å². The first-order valence-corrected chi connectivity index (χ1v) is 6.94. The number of aryl methyl sites for hydroxylation is 1. The van der Waals surface area contributed by atoms with E-state index in [-0.39, 0.29) is 6.10 Å². The molecule has 19 heavy (non-hydrogen) atoms. The Morgan fingerprint density at radius 2 is 2.11 bits per heavy atom. The molecule has 1 saturated heterocycles. The summed E-state index contributed by atoms with van der Waals surface area (Å²) in [6.45, 7) is 5.14. The number of ether oxygens (including phenoxy) is 2. The van der Waals surface area contributed by atoms with Gasteiger partial charge >= 0.3 is 0 Å². The van der Waals surface area contributed by atoms with E-state index in [0.29, 0.717) is 31.6 Å². The van der Waals surface area contributed by atoms with Crippen LogP contribution in [0.4, 0.5) is 0 Å². The molecule has 4 heteroatoms. The van der Waals surface area contributed by atoms with Crippen molar-refractivity contribution < 1.29 is 14.6 Å². The summed E-state index contributed by atoms with van der Waals surface area (Å²) in [5.74, 6) is 0.323. The van der Waals surface area contributed by atoms with Crippen LogP contribution < -0.4 is 5.32 Å². The highest BCUT2D eigenvalue weighted by molar-refractivity contribution is 5.25. The predicted octanol–water partition coefficient (Wildman–Crippen LogP) is 1.72. The topological polar surface area (TPSA) is 50.7 Å². The fourth-order valence-corrected chi connectivity index (χ4v) is 2.13. The Balaban J connectivity index is 1.63. The van der Waals surface area contributed by atoms with Crippen LogP contribution in [0.15, 0.2) is 24.3 Å². The zero-order valence-corrected chi connectivity index (χ0v) is 11.5. The van der Waals surface area contributed by atoms with Gasteiger partial charge in [0.2, 0.25) is 0 Å². The van der Waals surface area contributed by atoms with Crippen LogP contribution in [0, 0.1) is 0 Å². The highest BCUT2D eigenvalue weighted by atomic mass is 16.6. The average molecular weight is 265 g/mol. The molecule has 1 heterocycles. The van der Waals surface area contributed by atoms with Gasteiger partial charge in [-0.1, -0.05) is 12.1 Å². The zero-order chi connectivity index (χ0) is 13.5. The first-order valence-electron chi connectivity index (χ1n) is 6.94. The summed E-state index contributed by atoms with van der Waals surface area (Å²) in [6, 6.07) is 7.86. The maximum absolute atomic E-state index is 9.22. The highest BCUT2D eigenvalue weighted by Crippen LogP contribution is 2.12. The van der Waals surface area contributed by atoms with Gasteiger partial charge in [-0.15, -0.1) is 0 Å². The number of aromatic hydroxyl groups is 1. The summed E-state index contributed by atoms with van der Waals surface area (Å²) in [5.41, 5.74) is 1.25. The molecule has 1 aromatic carbocycles. The normalized spacial score (nSPS) is 21.2. The maximum atomic E-state index is 9.22. The molecule has 4 nitrogen and oxygen atoms in total. The van der Waals surface area contributed by atoms with E-state index in [4.69, 9.17) is 9.47 Å². The van der Waals surface area contributed by atoms with Crippen molar-refractivity contribution in [2.45, 2.75) is 31.9 Å². The Bertz CT molecular complexity index is 360. The molecular weight excluding hydrogens is 242 g/mol. The molecule has 1 aliphatic rings. The zero-order valence-electron chi connectivity index (χ0n) is 11.5. The van der Waals surface area contributed by atoms with Gasteiger partial charge in [0.1, 0.15) is 5.75 Å². The van der Waals surface area contributed by atoms with Crippen LogP contribution in [-0.4, -0.2) is 43.6 Å². The summed E-state index contributed by atoms with van der Waals surface area (Å²) in [7, 11) is 0. The lowest BCUT2D eigenvalue weighted by atomic mass is 10.1. The van der Waals surface area contributed by atoms with Crippen molar-refractivity contribution >= 4 is 0 Å². The predicted molar refractivity (Wildman–Crippen MR) is 74.5 cm³/mol. The summed E-state index contributed by atoms with van der Waals surface area (Å²) < 4.78 is 11.0. The second-order valence-electron chi connectivity index (χ2n) is 5.08. The standard InChI is InChI=1S/C15H23NO3/c1-12(16-10-15-11-18-8-9-19-15)2-3-13-4-6-14(17)7-5-13/h4-7,12,15-17H,2-3,8-11H2,1H3. The van der Waals surface area contributed by atoms with Gasteiger partial charge < -0.3 is 19.9 Å². The maximum Gasteiger partial charge on any atom is 0.115 e. The summed E-state index contributed by atoms with van der Waals surface area (Å²) >= 11 is 0. The van der Waals surface area contributed by atoms with Crippen LogP contribution in [0.2, 0.25) is 0 Å². The van der Waals surface area contributed by atoms with Crippen LogP contribution >= 0.6 is 0 Å². The highest BCUT2D eigenvalue weighted by Gasteiger charge is 2.14. The van der Waals surface area contributed by atoms with E-state index in [1.165, 1.54) is 5.56 Å². The third-order valence-corrected chi connectivity index (χ3v) is 3.38. The van der Waals surface area contributed by atoms with Gasteiger partial charge in [-0.25, -0.2) is 0 Å². The lowest BCUT2D eigenvalue weighted by Crippen LogP contribution is -2.40. The number of nitrogens with one attached hydrogen (secondary N) is 1. The SMILES string of the molecule is CC(CCc1ccc(O)cc1)NCC1COCCO1. The molecule has 0 radical (unpaired) electrons. The number of benzene rings is 1. The Hall–Kier alpha value is -1.10. The molecule has 1 aromatic rings. The van der Waals surface area contributed by atoms with Crippen molar-refractivity contribution in [1.29, 1.82) is 0 Å². The molecule has 2 atom stereocenters. The molecule has 0 saturated carbocycles. The van der Waals surface area contributed by atoms with E-state index in [2.05, 4.69) is 12.2 Å². The van der Waals surface area contributed by atoms with Crippen molar-refractivity contribution in [2.24, 2.45) is 0 Å². The van der Waals surface area contributed by atoms with E-state index in [0.717, 1.165) is 19.4 Å². The molecule has 106 valence electrons. The second-order valence-corrected chi connectivity index (χ2v) is 5.08. The molecule has 1 fully saturated rings. The van der Waals surface area contributed by atoms with Crippen LogP contribution in [0.5, 0.6) is 5.75 Å². The summed E-state index contributed by atoms with van der Waals surface area (Å²) in [5, 5.41) is 12.7. The summed E-state index contributed by atoms with van der Waals surface area (Å²) in [6.07, 6.45) is 2.26. The molecular formula is C15H23NO3. The van der Waals surface area contributed by atoms with E-state index in [1.54, 1.807) is 12.1 Å². The number of hydrogen-bond donors (Lipinski definition) is 2. The fourth-order valence-electron chi connectivity index (χ4n) is 2.13. The first kappa shape index (κ1) is 14.3. The lowest BCUT2D eigenvalue weighted by Gasteiger charge is -2.25. The molecule has 0 bridgehead atoms. The van der Waals surface area contributed by atoms with Crippen molar-refractivity contribution in [3.8, 4) is 5.75 Å². The van der Waals surface area contributed by atoms with Gasteiger partial charge in [0.15, 0.2) is 0 Å². The minimum Gasteiger partial charge on any atom is -0.508 e. The van der Waals surface area contributed by atoms with Crippen molar-refractivity contribution in [3.63, 3.8) is 0 Å². The van der Waals surface area contributed by atoms with E-state index in [1.807, 2.05) is 12.1 Å². The third-order valence-electron chi connectivity index (χ3n) is 3.38. The fraction of sp³-hybridized carbons (Fsp3) is 0.600. The average Bonchev–Trinajstić information content (AvgIpc) is 2.45. The lowest BCUT2D eigenvalue weighted by molar-refractivity contribution is -0.0869. The quantitative estimate of drug-likeness (QED) is 0.822. The number of phenols is 1. The minimum absolute atomic E-state index is 0.185. The Morgan fingerprint density at radius 1 is 1.32 bits per heavy atom.